The van der Waals surface area contributed by atoms with Gasteiger partial charge in [0.2, 0.25) is 0 Å². The quantitative estimate of drug-likeness (QED) is 0.293. The molecule has 0 spiro atoms. The van der Waals surface area contributed by atoms with Crippen molar-refractivity contribution in [3.8, 4) is 6.07 Å². The minimum Gasteiger partial charge on any atom is -0.469 e. The summed E-state index contributed by atoms with van der Waals surface area (Å²) in [5.74, 6) is 1.39. The van der Waals surface area contributed by atoms with Gasteiger partial charge in [-0.05, 0) is 51.4 Å². The van der Waals surface area contributed by atoms with E-state index in [4.69, 9.17) is 22.7 Å². The molecule has 0 radical (unpaired) electrons. The SMILES string of the molecule is C[N-]/C(=C\C(N)=Nc1cc(Nc2c(Cl)cccc2C#N)c(C=N)cn1)N1CCN(C)CC1.[K+]. The molecule has 0 unspecified atom stereocenters. The van der Waals surface area contributed by atoms with Crippen LogP contribution in [0.5, 0.6) is 0 Å². The van der Waals surface area contributed by atoms with E-state index in [9.17, 15) is 5.26 Å². The van der Waals surface area contributed by atoms with Crippen molar-refractivity contribution in [2.75, 3.05) is 45.6 Å². The Morgan fingerprint density at radius 2 is 2.09 bits per heavy atom. The van der Waals surface area contributed by atoms with Crippen LogP contribution in [0.3, 0.4) is 0 Å². The zero-order valence-electron chi connectivity index (χ0n) is 19.0. The number of benzene rings is 1. The maximum absolute atomic E-state index is 9.38. The Morgan fingerprint density at radius 1 is 1.36 bits per heavy atom. The Bertz CT molecular complexity index is 1090. The first-order valence-corrected chi connectivity index (χ1v) is 10.4. The average Bonchev–Trinajstić information content (AvgIpc) is 2.79. The molecule has 2 heterocycles. The zero-order valence-corrected chi connectivity index (χ0v) is 22.9. The van der Waals surface area contributed by atoms with Gasteiger partial charge in [-0.15, -0.1) is 0 Å². The van der Waals surface area contributed by atoms with Crippen LogP contribution in [-0.2, 0) is 0 Å². The molecule has 9 nitrogen and oxygen atoms in total. The molecule has 0 aliphatic carbocycles. The van der Waals surface area contributed by atoms with Crippen LogP contribution in [-0.4, -0.2) is 67.1 Å². The summed E-state index contributed by atoms with van der Waals surface area (Å²) >= 11 is 6.27. The van der Waals surface area contributed by atoms with E-state index in [2.05, 4.69) is 43.5 Å². The number of para-hydroxylation sites is 1. The maximum Gasteiger partial charge on any atom is 1.00 e. The number of anilines is 2. The molecule has 33 heavy (non-hydrogen) atoms. The van der Waals surface area contributed by atoms with Crippen LogP contribution in [0.25, 0.3) is 5.32 Å². The second-order valence-electron chi connectivity index (χ2n) is 7.23. The van der Waals surface area contributed by atoms with Crippen LogP contribution < -0.4 is 62.4 Å². The summed E-state index contributed by atoms with van der Waals surface area (Å²) in [6.07, 6.45) is 4.41. The number of nitrogens with zero attached hydrogens (tertiary/aromatic N) is 6. The van der Waals surface area contributed by atoms with Gasteiger partial charge in [-0.2, -0.15) is 5.26 Å². The number of halogens is 1. The smallest absolute Gasteiger partial charge is 0.469 e. The fourth-order valence-electron chi connectivity index (χ4n) is 3.25. The molecule has 1 fully saturated rings. The second kappa shape index (κ2) is 13.1. The predicted octanol–water partition coefficient (Wildman–Crippen LogP) is 0.433. The molecule has 0 atom stereocenters. The van der Waals surface area contributed by atoms with Crippen molar-refractivity contribution in [3.05, 3.63) is 63.8 Å². The van der Waals surface area contributed by atoms with E-state index in [-0.39, 0.29) is 57.2 Å². The van der Waals surface area contributed by atoms with Gasteiger partial charge in [0.05, 0.1) is 22.0 Å². The standard InChI is InChI=1S/C22H25ClN9.K/c1-27-21(32-8-6-31(2)7-9-32)11-19(26)30-20-10-18(16(13-25)14-28-20)29-22-15(12-24)4-3-5-17(22)23;/h3-5,10-11,13-14,25H,6-9H2,1-2H3,(H3,26,28,29,30);/q-1;+1/b21-11+,25-13?;. The van der Waals surface area contributed by atoms with Crippen molar-refractivity contribution < 1.29 is 51.4 Å². The van der Waals surface area contributed by atoms with Crippen molar-refractivity contribution in [1.29, 1.82) is 10.7 Å². The van der Waals surface area contributed by atoms with Crippen molar-refractivity contribution >= 4 is 40.8 Å². The second-order valence-corrected chi connectivity index (χ2v) is 7.63. The van der Waals surface area contributed by atoms with Gasteiger partial charge in [0.15, 0.2) is 5.82 Å². The van der Waals surface area contributed by atoms with Crippen molar-refractivity contribution in [2.45, 2.75) is 0 Å². The fraction of sp³-hybridized carbons (Fsp3) is 0.273. The molecule has 1 saturated heterocycles. The first-order valence-electron chi connectivity index (χ1n) is 10.0. The number of pyridine rings is 1. The molecule has 4 N–H and O–H groups in total. The summed E-state index contributed by atoms with van der Waals surface area (Å²) in [6.45, 7) is 3.65. The van der Waals surface area contributed by atoms with Crippen molar-refractivity contribution in [3.63, 3.8) is 0 Å². The Kier molecular flexibility index (Phi) is 10.8. The van der Waals surface area contributed by atoms with Gasteiger partial charge in [-0.3, -0.25) is 0 Å². The molecule has 1 aliphatic rings. The largest absolute Gasteiger partial charge is 1.00 e. The minimum absolute atomic E-state index is 0. The number of nitrogens with one attached hydrogen (secondary N) is 2. The third-order valence-electron chi connectivity index (χ3n) is 5.05. The number of hydrogen-bond donors (Lipinski definition) is 3. The van der Waals surface area contributed by atoms with Gasteiger partial charge in [0.25, 0.3) is 0 Å². The van der Waals surface area contributed by atoms with E-state index < -0.39 is 0 Å². The van der Waals surface area contributed by atoms with Crippen LogP contribution >= 0.6 is 11.6 Å². The van der Waals surface area contributed by atoms with Gasteiger partial charge in [-0.1, -0.05) is 30.5 Å². The Labute approximate surface area is 241 Å². The topological polar surface area (TPSA) is 132 Å². The molecular formula is C22H25ClKN9. The number of amidine groups is 1. The third kappa shape index (κ3) is 7.25. The fourth-order valence-corrected chi connectivity index (χ4v) is 3.47. The Morgan fingerprint density at radius 3 is 2.73 bits per heavy atom. The molecule has 0 saturated carbocycles. The Balaban J connectivity index is 0.00000385. The monoisotopic (exact) mass is 489 g/mol. The van der Waals surface area contributed by atoms with Gasteiger partial charge in [0, 0.05) is 24.0 Å². The Hall–Kier alpha value is -1.97. The predicted molar refractivity (Wildman–Crippen MR) is 129 cm³/mol. The number of rotatable bonds is 7. The van der Waals surface area contributed by atoms with E-state index in [0.717, 1.165) is 38.2 Å². The summed E-state index contributed by atoms with van der Waals surface area (Å²) in [5, 5.41) is 24.9. The number of nitriles is 1. The molecule has 0 amide bonds. The molecule has 1 aliphatic heterocycles. The molecule has 166 valence electrons. The van der Waals surface area contributed by atoms with E-state index in [1.54, 1.807) is 37.4 Å². The normalized spacial score (nSPS) is 14.8. The van der Waals surface area contributed by atoms with Crippen LogP contribution in [0.1, 0.15) is 11.1 Å². The molecule has 11 heteroatoms. The van der Waals surface area contributed by atoms with Crippen LogP contribution in [0, 0.1) is 16.7 Å². The summed E-state index contributed by atoms with van der Waals surface area (Å²) in [7, 11) is 3.82. The summed E-state index contributed by atoms with van der Waals surface area (Å²) in [6, 6.07) is 8.82. The van der Waals surface area contributed by atoms with Crippen LogP contribution in [0.2, 0.25) is 5.02 Å². The summed E-state index contributed by atoms with van der Waals surface area (Å²) < 4.78 is 0. The van der Waals surface area contributed by atoms with E-state index >= 15 is 0 Å². The van der Waals surface area contributed by atoms with Crippen LogP contribution in [0.4, 0.5) is 17.2 Å². The average molecular weight is 490 g/mol. The summed E-state index contributed by atoms with van der Waals surface area (Å²) in [4.78, 5) is 13.1. The molecule has 1 aromatic carbocycles. The molecule has 1 aromatic heterocycles. The third-order valence-corrected chi connectivity index (χ3v) is 5.36. The zero-order chi connectivity index (χ0) is 23.1. The first-order chi connectivity index (χ1) is 15.4. The van der Waals surface area contributed by atoms with Gasteiger partial charge >= 0.3 is 51.4 Å². The first kappa shape index (κ1) is 27.3. The molecular weight excluding hydrogens is 465 g/mol. The van der Waals surface area contributed by atoms with Gasteiger partial charge < -0.3 is 31.6 Å². The van der Waals surface area contributed by atoms with Crippen molar-refractivity contribution in [1.82, 2.24) is 14.8 Å². The molecule has 3 rings (SSSR count). The molecule has 2 aromatic rings. The molecule has 0 bridgehead atoms. The number of aliphatic imine (C=N–C) groups is 1. The number of hydrogen-bond acceptors (Lipinski definition) is 7. The van der Waals surface area contributed by atoms with Gasteiger partial charge in [-0.25, -0.2) is 9.98 Å². The maximum atomic E-state index is 9.38. The number of likely N-dealkylation sites (N-methyl/N-ethyl adjacent to an activating group) is 1. The van der Waals surface area contributed by atoms with Gasteiger partial charge in [0.1, 0.15) is 11.9 Å². The number of piperazine rings is 1. The van der Waals surface area contributed by atoms with Crippen molar-refractivity contribution in [2.24, 2.45) is 10.7 Å². The number of aromatic nitrogens is 1. The summed E-state index contributed by atoms with van der Waals surface area (Å²) in [5.41, 5.74) is 8.06. The van der Waals surface area contributed by atoms with E-state index in [1.165, 1.54) is 6.20 Å². The van der Waals surface area contributed by atoms with E-state index in [0.29, 0.717) is 33.3 Å². The van der Waals surface area contributed by atoms with E-state index in [1.807, 2.05) is 0 Å². The van der Waals surface area contributed by atoms with Crippen LogP contribution in [0.15, 0.2) is 47.4 Å². The number of nitrogens with two attached hydrogens (primary N) is 1. The minimum atomic E-state index is 0.